The molecule has 11 atom stereocenters. The lowest BCUT2D eigenvalue weighted by molar-refractivity contribution is -0.272. The van der Waals surface area contributed by atoms with Crippen LogP contribution in [0, 0.1) is 46.3 Å². The van der Waals surface area contributed by atoms with E-state index >= 15 is 0 Å². The van der Waals surface area contributed by atoms with Gasteiger partial charge in [-0.1, -0.05) is 39.3 Å². The number of carbonyl (C=O) groups excluding carboxylic acids is 1. The number of urea groups is 1. The predicted octanol–water partition coefficient (Wildman–Crippen LogP) is 5.23. The highest BCUT2D eigenvalue weighted by atomic mass is 16.7. The molecule has 3 heterocycles. The van der Waals surface area contributed by atoms with Crippen molar-refractivity contribution in [1.29, 1.82) is 0 Å². The summed E-state index contributed by atoms with van der Waals surface area (Å²) in [6.45, 7) is 15.7. The molecule has 41 heavy (non-hydrogen) atoms. The van der Waals surface area contributed by atoms with E-state index in [0.29, 0.717) is 35.9 Å². The number of fused-ring (bicyclic) bond motifs is 7. The first-order valence-electron chi connectivity index (χ1n) is 17.1. The van der Waals surface area contributed by atoms with Crippen molar-refractivity contribution in [3.8, 4) is 0 Å². The molecule has 4 aliphatic carbocycles. The monoisotopic (exact) mass is 568 g/mol. The lowest BCUT2D eigenvalue weighted by atomic mass is 9.46. The number of nitrogens with zero attached hydrogens (tertiary/aromatic N) is 2. The molecule has 2 N–H and O–H groups in total. The van der Waals surface area contributed by atoms with E-state index in [-0.39, 0.29) is 23.3 Å². The molecule has 0 radical (unpaired) electrons. The zero-order valence-corrected chi connectivity index (χ0v) is 26.4. The fourth-order valence-electron chi connectivity index (χ4n) is 11.2. The first kappa shape index (κ1) is 28.6. The Morgan fingerprint density at radius 3 is 2.61 bits per heavy atom. The summed E-state index contributed by atoms with van der Waals surface area (Å²) in [5.74, 6) is 3.74. The first-order chi connectivity index (χ1) is 19.6. The van der Waals surface area contributed by atoms with Crippen molar-refractivity contribution in [3.05, 3.63) is 11.6 Å². The van der Waals surface area contributed by atoms with E-state index in [1.165, 1.54) is 38.5 Å². The molecule has 3 saturated heterocycles. The molecule has 0 bridgehead atoms. The second kappa shape index (κ2) is 10.5. The summed E-state index contributed by atoms with van der Waals surface area (Å²) in [6, 6.07) is 0.253. The predicted molar refractivity (Wildman–Crippen MR) is 161 cm³/mol. The maximum absolute atomic E-state index is 12.8. The lowest BCUT2D eigenvalue weighted by Crippen LogP contribution is -2.54. The zero-order chi connectivity index (χ0) is 28.6. The lowest BCUT2D eigenvalue weighted by Gasteiger charge is -2.58. The van der Waals surface area contributed by atoms with Gasteiger partial charge < -0.3 is 25.0 Å². The minimum atomic E-state index is -0.319. The van der Waals surface area contributed by atoms with Crippen LogP contribution in [0.2, 0.25) is 0 Å². The van der Waals surface area contributed by atoms with Crippen molar-refractivity contribution in [2.75, 3.05) is 46.5 Å². The van der Waals surface area contributed by atoms with Crippen LogP contribution in [0.1, 0.15) is 85.5 Å². The number of hydrogen-bond acceptors (Lipinski definition) is 5. The molecule has 0 aromatic rings. The van der Waals surface area contributed by atoms with E-state index in [4.69, 9.17) is 9.47 Å². The average molecular weight is 569 g/mol. The van der Waals surface area contributed by atoms with Crippen molar-refractivity contribution in [2.45, 2.75) is 103 Å². The number of carbonyl (C=O) groups is 1. The summed E-state index contributed by atoms with van der Waals surface area (Å²) in [5.41, 5.74) is 2.28. The van der Waals surface area contributed by atoms with Crippen molar-refractivity contribution in [2.24, 2.45) is 46.3 Å². The Morgan fingerprint density at radius 2 is 1.85 bits per heavy atom. The molecule has 6 fully saturated rings. The van der Waals surface area contributed by atoms with Crippen LogP contribution in [0.15, 0.2) is 11.6 Å². The van der Waals surface area contributed by atoms with Gasteiger partial charge in [0.05, 0.1) is 19.4 Å². The van der Waals surface area contributed by atoms with E-state index in [1.54, 1.807) is 5.57 Å². The first-order valence-corrected chi connectivity index (χ1v) is 17.1. The maximum atomic E-state index is 12.8. The van der Waals surface area contributed by atoms with Gasteiger partial charge in [-0.15, -0.1) is 0 Å². The average Bonchev–Trinajstić information content (AvgIpc) is 3.40. The van der Waals surface area contributed by atoms with Gasteiger partial charge in [0, 0.05) is 44.6 Å². The molecule has 1 spiro atoms. The normalized spacial score (nSPS) is 49.9. The topological polar surface area (TPSA) is 66.1 Å². The van der Waals surface area contributed by atoms with E-state index in [0.717, 1.165) is 69.8 Å². The van der Waals surface area contributed by atoms with E-state index in [9.17, 15) is 4.79 Å². The second-order valence-corrected chi connectivity index (χ2v) is 15.9. The molecule has 2 amide bonds. The number of rotatable bonds is 3. The highest BCUT2D eigenvalue weighted by Crippen LogP contribution is 2.70. The Bertz CT molecular complexity index is 1030. The highest BCUT2D eigenvalue weighted by Gasteiger charge is 2.68. The van der Waals surface area contributed by atoms with Gasteiger partial charge in [0.25, 0.3) is 0 Å². The van der Waals surface area contributed by atoms with E-state index in [1.807, 2.05) is 0 Å². The third kappa shape index (κ3) is 4.71. The summed E-state index contributed by atoms with van der Waals surface area (Å²) in [7, 11) is 2.16. The van der Waals surface area contributed by atoms with Crippen molar-refractivity contribution in [1.82, 2.24) is 20.4 Å². The number of hydrogen-bond donors (Lipinski definition) is 2. The summed E-state index contributed by atoms with van der Waals surface area (Å²) in [5, 5.41) is 6.47. The minimum Gasteiger partial charge on any atom is -0.349 e. The van der Waals surface area contributed by atoms with Gasteiger partial charge in [-0.05, 0) is 98.8 Å². The quantitative estimate of drug-likeness (QED) is 0.457. The third-order valence-corrected chi connectivity index (χ3v) is 13.8. The molecule has 230 valence electrons. The number of piperazine rings is 1. The molecule has 7 aliphatic rings. The summed E-state index contributed by atoms with van der Waals surface area (Å²) in [4.78, 5) is 17.5. The Labute approximate surface area is 248 Å². The smallest absolute Gasteiger partial charge is 0.316 e. The van der Waals surface area contributed by atoms with Gasteiger partial charge in [0.2, 0.25) is 0 Å². The molecule has 0 aromatic heterocycles. The van der Waals surface area contributed by atoms with Crippen LogP contribution in [-0.2, 0) is 9.47 Å². The van der Waals surface area contributed by atoms with Crippen molar-refractivity contribution in [3.63, 3.8) is 0 Å². The van der Waals surface area contributed by atoms with Crippen LogP contribution in [0.3, 0.4) is 0 Å². The Kier molecular flexibility index (Phi) is 7.32. The van der Waals surface area contributed by atoms with Crippen LogP contribution in [0.25, 0.3) is 0 Å². The fraction of sp³-hybridized carbons (Fsp3) is 0.912. The Hall–Kier alpha value is -1.15. The van der Waals surface area contributed by atoms with Gasteiger partial charge in [-0.3, -0.25) is 4.90 Å². The largest absolute Gasteiger partial charge is 0.349 e. The van der Waals surface area contributed by atoms with Gasteiger partial charge in [0.15, 0.2) is 5.79 Å². The van der Waals surface area contributed by atoms with E-state index in [2.05, 4.69) is 61.3 Å². The highest BCUT2D eigenvalue weighted by molar-refractivity contribution is 5.74. The Balaban J connectivity index is 0.988. The van der Waals surface area contributed by atoms with Crippen LogP contribution >= 0.6 is 0 Å². The number of likely N-dealkylation sites (N-methyl/N-ethyl adjacent to an activating group) is 1. The second-order valence-electron chi connectivity index (χ2n) is 15.9. The summed E-state index contributed by atoms with van der Waals surface area (Å²) in [6.07, 6.45) is 13.7. The van der Waals surface area contributed by atoms with Crippen LogP contribution in [0.5, 0.6) is 0 Å². The number of allylic oxidation sites excluding steroid dienone is 1. The SMILES string of the molecule is C[C@@H]1CC[C@@]2(OC1)O[C@H]1C[C@H]3[C@@H]4CC=C5C[C@H](NC(=O)NCN6CCN(C)CC6)CC[C@]5(C)[C@H]4CC[C@]3(C)[C@H]1[C@@H]2C. The standard InChI is InChI=1S/C34H56N4O3/c1-22-8-13-34(40-20-22)23(2)30-29(41-34)19-28-26-7-6-24-18-25(9-11-32(24,3)27(26)10-12-33(28,30)4)36-31(39)35-21-38-16-14-37(5)15-17-38/h6,22-23,25-30H,7-21H2,1-5H3,(H2,35,36,39)/t22-,23+,25-,26-,27+,28+,29+,30+,32+,33+,34-/m1/s1. The van der Waals surface area contributed by atoms with Crippen LogP contribution in [-0.4, -0.2) is 80.3 Å². The Morgan fingerprint density at radius 1 is 1.05 bits per heavy atom. The van der Waals surface area contributed by atoms with Gasteiger partial charge >= 0.3 is 6.03 Å². The number of ether oxygens (including phenoxy) is 2. The van der Waals surface area contributed by atoms with Crippen molar-refractivity contribution < 1.29 is 14.3 Å². The van der Waals surface area contributed by atoms with Gasteiger partial charge in [0.1, 0.15) is 0 Å². The summed E-state index contributed by atoms with van der Waals surface area (Å²) >= 11 is 0. The van der Waals surface area contributed by atoms with Gasteiger partial charge in [-0.25, -0.2) is 4.79 Å². The third-order valence-electron chi connectivity index (χ3n) is 13.8. The van der Waals surface area contributed by atoms with Crippen molar-refractivity contribution >= 4 is 6.03 Å². The summed E-state index contributed by atoms with van der Waals surface area (Å²) < 4.78 is 13.5. The number of amides is 2. The molecule has 3 saturated carbocycles. The molecule has 3 aliphatic heterocycles. The van der Waals surface area contributed by atoms with Crippen LogP contribution in [0.4, 0.5) is 4.79 Å². The molecular weight excluding hydrogens is 512 g/mol. The molecule has 7 rings (SSSR count). The molecule has 0 unspecified atom stereocenters. The molecule has 7 nitrogen and oxygen atoms in total. The number of nitrogens with one attached hydrogen (secondary N) is 2. The fourth-order valence-corrected chi connectivity index (χ4v) is 11.2. The molecule has 0 aromatic carbocycles. The van der Waals surface area contributed by atoms with E-state index < -0.39 is 0 Å². The van der Waals surface area contributed by atoms with Gasteiger partial charge in [-0.2, -0.15) is 0 Å². The molecule has 7 heteroatoms. The maximum Gasteiger partial charge on any atom is 0.316 e. The van der Waals surface area contributed by atoms with Crippen LogP contribution < -0.4 is 10.6 Å². The molecular formula is C34H56N4O3. The minimum absolute atomic E-state index is 0.000963. The zero-order valence-electron chi connectivity index (χ0n) is 26.4.